The number of nitrogens with zero attached hydrogens (tertiary/aromatic N) is 1. The summed E-state index contributed by atoms with van der Waals surface area (Å²) in [5.74, 6) is 0.309. The summed E-state index contributed by atoms with van der Waals surface area (Å²) >= 11 is 0. The highest BCUT2D eigenvalue weighted by molar-refractivity contribution is 5.76. The number of amides is 1. The zero-order valence-corrected chi connectivity index (χ0v) is 11.5. The summed E-state index contributed by atoms with van der Waals surface area (Å²) in [7, 11) is 1.74. The van der Waals surface area contributed by atoms with Crippen molar-refractivity contribution in [2.75, 3.05) is 26.7 Å². The summed E-state index contributed by atoms with van der Waals surface area (Å²) in [5.41, 5.74) is 0. The van der Waals surface area contributed by atoms with Crippen LogP contribution in [0.25, 0.3) is 0 Å². The molecule has 2 unspecified atom stereocenters. The molecule has 0 aromatic carbocycles. The van der Waals surface area contributed by atoms with E-state index in [-0.39, 0.29) is 6.10 Å². The lowest BCUT2D eigenvalue weighted by atomic mass is 10.00. The van der Waals surface area contributed by atoms with Crippen LogP contribution in [0.15, 0.2) is 0 Å². The van der Waals surface area contributed by atoms with Crippen molar-refractivity contribution in [1.82, 2.24) is 10.2 Å². The molecule has 2 aliphatic heterocycles. The van der Waals surface area contributed by atoms with E-state index in [9.17, 15) is 4.79 Å². The fourth-order valence-corrected chi connectivity index (χ4v) is 2.98. The van der Waals surface area contributed by atoms with Crippen LogP contribution in [0, 0.1) is 0 Å². The summed E-state index contributed by atoms with van der Waals surface area (Å²) < 4.78 is 5.36. The summed E-state index contributed by atoms with van der Waals surface area (Å²) in [5, 5.41) is 3.50. The Bertz CT molecular complexity index is 265. The Hall–Kier alpha value is -0.610. The van der Waals surface area contributed by atoms with Crippen molar-refractivity contribution in [2.45, 2.75) is 57.1 Å². The minimum absolute atomic E-state index is 0.246. The SMILES string of the molecule is COC1CCCN(C(=O)CCC2CCCCN2)C1. The van der Waals surface area contributed by atoms with Gasteiger partial charge in [-0.05, 0) is 38.6 Å². The molecule has 18 heavy (non-hydrogen) atoms. The zero-order chi connectivity index (χ0) is 12.8. The number of methoxy groups -OCH3 is 1. The van der Waals surface area contributed by atoms with E-state index in [2.05, 4.69) is 5.32 Å². The first-order valence-corrected chi connectivity index (χ1v) is 7.33. The molecule has 4 nitrogen and oxygen atoms in total. The first-order chi connectivity index (χ1) is 8.79. The van der Waals surface area contributed by atoms with Crippen molar-refractivity contribution in [2.24, 2.45) is 0 Å². The molecule has 2 aliphatic rings. The number of ether oxygens (including phenoxy) is 1. The second kappa shape index (κ2) is 7.10. The van der Waals surface area contributed by atoms with Gasteiger partial charge < -0.3 is 15.0 Å². The molecule has 2 atom stereocenters. The molecule has 1 amide bonds. The smallest absolute Gasteiger partial charge is 0.222 e. The van der Waals surface area contributed by atoms with Crippen LogP contribution in [0.4, 0.5) is 0 Å². The van der Waals surface area contributed by atoms with Gasteiger partial charge >= 0.3 is 0 Å². The fourth-order valence-electron chi connectivity index (χ4n) is 2.98. The third kappa shape index (κ3) is 3.95. The number of carbonyl (C=O) groups excluding carboxylic acids is 1. The lowest BCUT2D eigenvalue weighted by Gasteiger charge is -2.32. The number of hydrogen-bond acceptors (Lipinski definition) is 3. The van der Waals surface area contributed by atoms with E-state index in [1.54, 1.807) is 7.11 Å². The molecule has 0 aromatic heterocycles. The van der Waals surface area contributed by atoms with E-state index in [0.717, 1.165) is 38.9 Å². The predicted molar refractivity (Wildman–Crippen MR) is 71.5 cm³/mol. The lowest BCUT2D eigenvalue weighted by Crippen LogP contribution is -2.43. The monoisotopic (exact) mass is 254 g/mol. The van der Waals surface area contributed by atoms with Gasteiger partial charge in [-0.15, -0.1) is 0 Å². The largest absolute Gasteiger partial charge is 0.380 e. The average molecular weight is 254 g/mol. The Balaban J connectivity index is 1.70. The Labute approximate surface area is 110 Å². The standard InChI is InChI=1S/C14H26N2O2/c1-18-13-6-4-10-16(11-13)14(17)8-7-12-5-2-3-9-15-12/h12-13,15H,2-11H2,1H3. The molecule has 0 saturated carbocycles. The molecule has 1 N–H and O–H groups in total. The second-order valence-corrected chi connectivity index (χ2v) is 5.53. The average Bonchev–Trinajstić information content (AvgIpc) is 2.46. The first kappa shape index (κ1) is 13.8. The molecule has 0 spiro atoms. The van der Waals surface area contributed by atoms with Crippen molar-refractivity contribution < 1.29 is 9.53 Å². The van der Waals surface area contributed by atoms with Crippen LogP contribution in [-0.4, -0.2) is 49.7 Å². The van der Waals surface area contributed by atoms with Crippen LogP contribution in [0.1, 0.15) is 44.9 Å². The molecular formula is C14H26N2O2. The van der Waals surface area contributed by atoms with Gasteiger partial charge in [-0.1, -0.05) is 6.42 Å². The highest BCUT2D eigenvalue weighted by Gasteiger charge is 2.24. The van der Waals surface area contributed by atoms with Gasteiger partial charge in [-0.25, -0.2) is 0 Å². The number of piperidine rings is 2. The maximum absolute atomic E-state index is 12.1. The molecule has 2 fully saturated rings. The van der Waals surface area contributed by atoms with E-state index in [0.29, 0.717) is 18.4 Å². The predicted octanol–water partition coefficient (Wildman–Crippen LogP) is 1.55. The molecule has 0 aliphatic carbocycles. The third-order valence-electron chi connectivity index (χ3n) is 4.18. The van der Waals surface area contributed by atoms with Gasteiger partial charge in [0.25, 0.3) is 0 Å². The highest BCUT2D eigenvalue weighted by Crippen LogP contribution is 2.16. The Kier molecular flexibility index (Phi) is 5.45. The second-order valence-electron chi connectivity index (χ2n) is 5.53. The fraction of sp³-hybridized carbons (Fsp3) is 0.929. The molecular weight excluding hydrogens is 228 g/mol. The normalized spacial score (nSPS) is 29.3. The molecule has 0 bridgehead atoms. The van der Waals surface area contributed by atoms with Crippen LogP contribution in [0.2, 0.25) is 0 Å². The lowest BCUT2D eigenvalue weighted by molar-refractivity contribution is -0.135. The van der Waals surface area contributed by atoms with Crippen LogP contribution in [-0.2, 0) is 9.53 Å². The van der Waals surface area contributed by atoms with Gasteiger partial charge in [-0.2, -0.15) is 0 Å². The van der Waals surface area contributed by atoms with Gasteiger partial charge in [0.2, 0.25) is 5.91 Å². The summed E-state index contributed by atoms with van der Waals surface area (Å²) in [4.78, 5) is 14.1. The van der Waals surface area contributed by atoms with E-state index >= 15 is 0 Å². The summed E-state index contributed by atoms with van der Waals surface area (Å²) in [6, 6.07) is 0.561. The van der Waals surface area contributed by atoms with Crippen molar-refractivity contribution in [3.05, 3.63) is 0 Å². The Morgan fingerprint density at radius 3 is 2.94 bits per heavy atom. The summed E-state index contributed by atoms with van der Waals surface area (Å²) in [6.45, 7) is 2.82. The number of carbonyl (C=O) groups is 1. The van der Waals surface area contributed by atoms with Crippen LogP contribution in [0.3, 0.4) is 0 Å². The number of likely N-dealkylation sites (tertiary alicyclic amines) is 1. The van der Waals surface area contributed by atoms with E-state index in [1.165, 1.54) is 19.3 Å². The van der Waals surface area contributed by atoms with Gasteiger partial charge in [0, 0.05) is 32.7 Å². The Morgan fingerprint density at radius 2 is 2.22 bits per heavy atom. The van der Waals surface area contributed by atoms with Gasteiger partial charge in [0.05, 0.1) is 6.10 Å². The zero-order valence-electron chi connectivity index (χ0n) is 11.5. The van der Waals surface area contributed by atoms with Gasteiger partial charge in [0.15, 0.2) is 0 Å². The Morgan fingerprint density at radius 1 is 1.33 bits per heavy atom. The first-order valence-electron chi connectivity index (χ1n) is 7.33. The quantitative estimate of drug-likeness (QED) is 0.827. The van der Waals surface area contributed by atoms with Crippen molar-refractivity contribution in [3.63, 3.8) is 0 Å². The van der Waals surface area contributed by atoms with Gasteiger partial charge in [0.1, 0.15) is 0 Å². The molecule has 0 aromatic rings. The summed E-state index contributed by atoms with van der Waals surface area (Å²) in [6.07, 6.45) is 7.91. The van der Waals surface area contributed by atoms with Crippen molar-refractivity contribution in [3.8, 4) is 0 Å². The van der Waals surface area contributed by atoms with Crippen molar-refractivity contribution >= 4 is 5.91 Å². The maximum atomic E-state index is 12.1. The molecule has 104 valence electrons. The number of rotatable bonds is 4. The molecule has 2 heterocycles. The minimum Gasteiger partial charge on any atom is -0.380 e. The van der Waals surface area contributed by atoms with Crippen LogP contribution >= 0.6 is 0 Å². The number of nitrogens with one attached hydrogen (secondary N) is 1. The third-order valence-corrected chi connectivity index (χ3v) is 4.18. The maximum Gasteiger partial charge on any atom is 0.222 e. The van der Waals surface area contributed by atoms with Crippen LogP contribution in [0.5, 0.6) is 0 Å². The minimum atomic E-state index is 0.246. The van der Waals surface area contributed by atoms with E-state index in [1.807, 2.05) is 4.90 Å². The number of hydrogen-bond donors (Lipinski definition) is 1. The molecule has 0 radical (unpaired) electrons. The van der Waals surface area contributed by atoms with E-state index in [4.69, 9.17) is 4.74 Å². The van der Waals surface area contributed by atoms with Gasteiger partial charge in [-0.3, -0.25) is 4.79 Å². The molecule has 2 saturated heterocycles. The highest BCUT2D eigenvalue weighted by atomic mass is 16.5. The topological polar surface area (TPSA) is 41.6 Å². The molecule has 4 heteroatoms. The van der Waals surface area contributed by atoms with Crippen molar-refractivity contribution in [1.29, 1.82) is 0 Å². The molecule has 2 rings (SSSR count). The van der Waals surface area contributed by atoms with E-state index < -0.39 is 0 Å². The van der Waals surface area contributed by atoms with Crippen LogP contribution < -0.4 is 5.32 Å².